The number of aromatic hydroxyl groups is 12. The molecule has 114 heavy (non-hydrogen) atoms. The van der Waals surface area contributed by atoms with E-state index < -0.39 is 144 Å². The highest BCUT2D eigenvalue weighted by Gasteiger charge is 2.50. The first-order valence-corrected chi connectivity index (χ1v) is 32.8. The van der Waals surface area contributed by atoms with Crippen LogP contribution in [0.25, 0.3) is 69.2 Å². The Balaban J connectivity index is 0.000000195. The van der Waals surface area contributed by atoms with Gasteiger partial charge in [0.2, 0.25) is 11.7 Å². The molecule has 3 unspecified atom stereocenters. The van der Waals surface area contributed by atoms with Crippen molar-refractivity contribution in [1.29, 1.82) is 0 Å². The van der Waals surface area contributed by atoms with Crippen molar-refractivity contribution < 1.29 is 169 Å². The minimum Gasteiger partial charge on any atom is -0.508 e. The number of rotatable bonds is 16. The number of methoxy groups -OCH3 is 1. The number of carboxylic acid groups (broad SMARTS) is 4. The van der Waals surface area contributed by atoms with Gasteiger partial charge in [0.25, 0.3) is 17.3 Å². The van der Waals surface area contributed by atoms with Gasteiger partial charge in [0, 0.05) is 54.7 Å². The molecule has 8 aromatic carbocycles. The van der Waals surface area contributed by atoms with Gasteiger partial charge in [0.15, 0.2) is 57.0 Å². The molecule has 3 heterocycles. The Hall–Kier alpha value is -14.4. The summed E-state index contributed by atoms with van der Waals surface area (Å²) in [6, 6.07) is 31.4. The van der Waals surface area contributed by atoms with Crippen LogP contribution in [0.1, 0.15) is 46.2 Å². The summed E-state index contributed by atoms with van der Waals surface area (Å²) in [6.45, 7) is -0.564. The lowest BCUT2D eigenvalue weighted by Gasteiger charge is -2.39. The first-order chi connectivity index (χ1) is 53.8. The molecule has 36 heteroatoms. The number of aliphatic carboxylic acids is 4. The summed E-state index contributed by atoms with van der Waals surface area (Å²) in [5.74, 6) is -8.89. The van der Waals surface area contributed by atoms with Gasteiger partial charge in [0.1, 0.15) is 70.8 Å². The van der Waals surface area contributed by atoms with E-state index in [0.717, 1.165) is 47.6 Å². The van der Waals surface area contributed by atoms with Crippen LogP contribution in [0.3, 0.4) is 0 Å². The van der Waals surface area contributed by atoms with E-state index >= 15 is 0 Å². The molecule has 0 bridgehead atoms. The van der Waals surface area contributed by atoms with Crippen molar-refractivity contribution in [2.45, 2.75) is 67.5 Å². The molecule has 36 nitrogen and oxygen atoms in total. The second-order valence-corrected chi connectivity index (χ2v) is 24.4. The quantitative estimate of drug-likeness (QED) is 0.0192. The molecule has 1 saturated heterocycles. The van der Waals surface area contributed by atoms with Gasteiger partial charge in [-0.2, -0.15) is 0 Å². The molecule has 1 aliphatic heterocycles. The number of hydrogen-bond acceptors (Lipinski definition) is 32. The second-order valence-electron chi connectivity index (χ2n) is 24.4. The Labute approximate surface area is 639 Å². The zero-order valence-electron chi connectivity index (χ0n) is 58.8. The summed E-state index contributed by atoms with van der Waals surface area (Å²) in [5, 5.41) is 215. The number of phenols is 10. The van der Waals surface area contributed by atoms with Crippen molar-refractivity contribution in [3.05, 3.63) is 212 Å². The summed E-state index contributed by atoms with van der Waals surface area (Å²) < 4.78 is 30.6. The Bertz CT molecular complexity index is 5370. The Morgan fingerprint density at radius 3 is 1.46 bits per heavy atom. The van der Waals surface area contributed by atoms with E-state index in [2.05, 4.69) is 0 Å². The van der Waals surface area contributed by atoms with Crippen LogP contribution in [0.5, 0.6) is 80.9 Å². The number of esters is 1. The zero-order chi connectivity index (χ0) is 84.2. The number of ether oxygens (including phenoxy) is 4. The fourth-order valence-corrected chi connectivity index (χ4v) is 10.5. The first kappa shape index (κ1) is 86.9. The third kappa shape index (κ3) is 23.3. The number of aliphatic hydroxyl groups is 7. The fourth-order valence-electron chi connectivity index (χ4n) is 10.5. The van der Waals surface area contributed by atoms with Crippen LogP contribution in [0.4, 0.5) is 0 Å². The van der Waals surface area contributed by atoms with Gasteiger partial charge in [-0.15, -0.1) is 0 Å². The predicted octanol–water partition coefficient (Wildman–Crippen LogP) is 5.30. The maximum absolute atomic E-state index is 12.0. The first-order valence-electron chi connectivity index (χ1n) is 32.8. The van der Waals surface area contributed by atoms with Gasteiger partial charge < -0.3 is 145 Å². The summed E-state index contributed by atoms with van der Waals surface area (Å²) >= 11 is 0. The van der Waals surface area contributed by atoms with Crippen LogP contribution in [-0.4, -0.2) is 216 Å². The highest BCUT2D eigenvalue weighted by Crippen LogP contribution is 2.45. The maximum atomic E-state index is 12.0. The molecule has 1 aliphatic carbocycles. The van der Waals surface area contributed by atoms with Crippen LogP contribution < -0.4 is 20.3 Å². The van der Waals surface area contributed by atoms with Crippen molar-refractivity contribution in [2.75, 3.05) is 13.7 Å². The monoisotopic (exact) mass is 1580 g/mol. The van der Waals surface area contributed by atoms with Crippen LogP contribution in [0.2, 0.25) is 0 Å². The molecule has 0 spiro atoms. The van der Waals surface area contributed by atoms with E-state index in [9.17, 15) is 115 Å². The highest BCUT2D eigenvalue weighted by atomic mass is 16.7. The molecule has 0 amide bonds. The average molecular weight is 1590 g/mol. The molecule has 600 valence electrons. The molecule has 0 radical (unpaired) electrons. The number of hydrogen-bond donors (Lipinski definition) is 23. The van der Waals surface area contributed by atoms with Crippen LogP contribution in [-0.2, 0) is 33.4 Å². The summed E-state index contributed by atoms with van der Waals surface area (Å²) in [7, 11) is 1.43. The van der Waals surface area contributed by atoms with E-state index in [1.807, 2.05) is 0 Å². The lowest BCUT2D eigenvalue weighted by atomic mass is 9.79. The standard InChI is InChI=1S/C20H22O8.C16H18O9.C14H6O8.C10H10O4.C9H8O4.C9H8O3/c21-10-16-17(24)18(25)19(26)20(28-16)27-15-8-12(7-14(23)9-15)2-1-11-3-5-13(22)6-4-11;17-9-3-1-8(5-10(9)18)2-4-13(20)25-12-7-16(24,15(22)23)6-11(19)14(12)21;15-4-2-6(17)11-9-7-3(13(19)21-11)1-5(16)10(18)12(7)22-14(20)8(4)9;1-14-9-6-7(2-4-8(9)11)3-5-10(12)13;10-7-3-1-6(5-8(7)11)2-4-9(12)13;10-8-4-1-7(2-5-8)3-6-9(11)12/h1-9,16-26H,10H2;1-5,11-12,14,17-19,21,24H,6-7H2,(H,22,23);1-2,15-16,19-20H;2-6,11H,1H3,(H,12,13);1-5,10-11H,(H,12,13);1-6,10H,(H,11,12)/b2-1+;4-2+;;5-3+;4-2+;6-3+/t16?,17-,18-,19?,20-;11-,12?,14+,16-;;;;/m11..../s1. The molecule has 23 N–H and O–H groups in total. The van der Waals surface area contributed by atoms with Crippen molar-refractivity contribution in [3.8, 4) is 80.9 Å². The minimum absolute atomic E-state index is 0.0278. The zero-order valence-corrected chi connectivity index (χ0v) is 58.8. The lowest BCUT2D eigenvalue weighted by molar-refractivity contribution is -0.277. The third-order valence-corrected chi connectivity index (χ3v) is 16.2. The molecular weight excluding hydrogens is 1510 g/mol. The van der Waals surface area contributed by atoms with E-state index in [1.54, 1.807) is 66.7 Å². The van der Waals surface area contributed by atoms with Gasteiger partial charge in [-0.1, -0.05) is 54.6 Å². The molecule has 9 atom stereocenters. The smallest absolute Gasteiger partial charge is 0.335 e. The molecule has 1 saturated carbocycles. The molecule has 10 aromatic rings. The summed E-state index contributed by atoms with van der Waals surface area (Å²) in [6.07, 6.45) is 0.258. The van der Waals surface area contributed by atoms with Crippen molar-refractivity contribution in [3.63, 3.8) is 0 Å². The lowest BCUT2D eigenvalue weighted by Crippen LogP contribution is -2.60. The van der Waals surface area contributed by atoms with Crippen molar-refractivity contribution in [2.24, 2.45) is 0 Å². The van der Waals surface area contributed by atoms with E-state index in [-0.39, 0.29) is 78.9 Å². The topological polar surface area (TPSA) is 648 Å². The molecule has 2 aromatic heterocycles. The number of carboxylic acids is 4. The van der Waals surface area contributed by atoms with Gasteiger partial charge in [0.05, 0.1) is 30.6 Å². The fraction of sp³-hybridized carbons (Fsp3) is 0.167. The number of carbonyl (C=O) groups is 5. The molecule has 12 rings (SSSR count). The third-order valence-electron chi connectivity index (χ3n) is 16.2. The van der Waals surface area contributed by atoms with Crippen LogP contribution >= 0.6 is 0 Å². The van der Waals surface area contributed by atoms with Crippen molar-refractivity contribution >= 4 is 99.0 Å². The van der Waals surface area contributed by atoms with Gasteiger partial charge in [-0.05, 0) is 137 Å². The van der Waals surface area contributed by atoms with Gasteiger partial charge >= 0.3 is 29.8 Å². The minimum atomic E-state index is -2.31. The Morgan fingerprint density at radius 1 is 0.456 bits per heavy atom. The maximum Gasteiger partial charge on any atom is 0.335 e. The summed E-state index contributed by atoms with van der Waals surface area (Å²) in [5.41, 5.74) is -1.13. The molecular formula is C78H72O36. The van der Waals surface area contributed by atoms with Gasteiger partial charge in [-0.3, -0.25) is 9.59 Å². The van der Waals surface area contributed by atoms with Crippen molar-refractivity contribution in [1.82, 2.24) is 0 Å². The van der Waals surface area contributed by atoms with Gasteiger partial charge in [-0.25, -0.2) is 24.0 Å². The predicted molar refractivity (Wildman–Crippen MR) is 398 cm³/mol. The normalized spacial score (nSPS) is 19.1. The number of carbonyl (C=O) groups excluding carboxylic acids is 1. The largest absolute Gasteiger partial charge is 0.508 e. The van der Waals surface area contributed by atoms with E-state index in [0.29, 0.717) is 28.0 Å². The second kappa shape index (κ2) is 38.8. The number of phenolic OH excluding ortho intramolecular Hbond substituents is 10. The number of benzene rings is 8. The van der Waals surface area contributed by atoms with E-state index in [4.69, 9.17) is 63.5 Å². The summed E-state index contributed by atoms with van der Waals surface area (Å²) in [4.78, 5) is 77.2. The SMILES string of the molecule is COc1cc(/C=C/C(=O)O)ccc1O.O=C(/C=C/c1ccc(O)c(O)c1)OC1C[C@@](O)(C(=O)O)C[C@@H](O)[C@@H]1O.O=C(O)/C=C/c1ccc(O)c(O)c1.O=C(O)/C=C/c1ccc(O)cc1.O=c1c(O)cc2c(O)oc3c(=O)cc(O)c4c(O)oc1c2c43.OCC1O[C@@H](Oc2cc(O)cc(/C=C/c3ccc(O)cc3)c2)C(O)[C@H](O)[C@@H]1O. The van der Waals surface area contributed by atoms with Crippen LogP contribution in [0, 0.1) is 0 Å². The molecule has 2 fully saturated rings. The Morgan fingerprint density at radius 2 is 0.947 bits per heavy atom. The Kier molecular flexibility index (Phi) is 29.6. The number of aliphatic hydroxyl groups excluding tert-OH is 6. The van der Waals surface area contributed by atoms with Crippen LogP contribution in [0.15, 0.2) is 176 Å². The average Bonchev–Trinajstić information content (AvgIpc) is 0.713. The van der Waals surface area contributed by atoms with E-state index in [1.165, 1.54) is 98.1 Å². The molecule has 2 aliphatic rings. The highest BCUT2D eigenvalue weighted by molar-refractivity contribution is 6.23.